The van der Waals surface area contributed by atoms with E-state index in [0.29, 0.717) is 0 Å². The van der Waals surface area contributed by atoms with E-state index in [0.717, 1.165) is 0 Å². The van der Waals surface area contributed by atoms with Crippen molar-refractivity contribution in [2.75, 3.05) is 0 Å². The van der Waals surface area contributed by atoms with Gasteiger partial charge in [0.15, 0.2) is 0 Å². The molecule has 3 rings (SSSR count). The zero-order chi connectivity index (χ0) is 11.0. The Morgan fingerprint density at radius 3 is 2.38 bits per heavy atom. The molecule has 0 fully saturated rings. The Kier molecular flexibility index (Phi) is 2.14. The minimum atomic E-state index is 1.31. The molecule has 0 saturated carbocycles. The molecular weight excluding hydrogens is 192 g/mol. The summed E-state index contributed by atoms with van der Waals surface area (Å²) < 4.78 is 0. The number of rotatable bonds is 1. The zero-order valence-electron chi connectivity index (χ0n) is 9.27. The molecule has 0 unspecified atom stereocenters. The summed E-state index contributed by atoms with van der Waals surface area (Å²) in [5.74, 6) is 0. The Morgan fingerprint density at radius 2 is 1.50 bits per heavy atom. The van der Waals surface area contributed by atoms with Crippen LogP contribution in [0.15, 0.2) is 54.6 Å². The maximum absolute atomic E-state index is 2.20. The lowest BCUT2D eigenvalue weighted by atomic mass is 9.97. The molecule has 0 saturated heterocycles. The van der Waals surface area contributed by atoms with Gasteiger partial charge in [-0.05, 0) is 33.5 Å². The van der Waals surface area contributed by atoms with Gasteiger partial charge in [0, 0.05) is 0 Å². The standard InChI is InChI=1S/C16H13/c1-2-12-7-5-8-14-11-10-13-6-3-4-9-15(13)16(12)14/h2-11H,1H3. The van der Waals surface area contributed by atoms with Gasteiger partial charge in [-0.25, -0.2) is 0 Å². The van der Waals surface area contributed by atoms with Crippen LogP contribution in [0.1, 0.15) is 12.5 Å². The van der Waals surface area contributed by atoms with Crippen LogP contribution >= 0.6 is 0 Å². The third-order valence-electron chi connectivity index (χ3n) is 3.11. The van der Waals surface area contributed by atoms with Crippen molar-refractivity contribution in [3.63, 3.8) is 0 Å². The summed E-state index contributed by atoms with van der Waals surface area (Å²) in [7, 11) is 0. The van der Waals surface area contributed by atoms with Crippen LogP contribution in [0.4, 0.5) is 0 Å². The minimum Gasteiger partial charge on any atom is -0.0616 e. The van der Waals surface area contributed by atoms with Gasteiger partial charge in [0.2, 0.25) is 0 Å². The molecule has 16 heavy (non-hydrogen) atoms. The summed E-state index contributed by atoms with van der Waals surface area (Å²) in [6.45, 7) is 2.09. The second-order valence-electron chi connectivity index (χ2n) is 4.02. The van der Waals surface area contributed by atoms with Crippen molar-refractivity contribution >= 4 is 21.5 Å². The first-order valence-corrected chi connectivity index (χ1v) is 5.60. The van der Waals surface area contributed by atoms with Gasteiger partial charge < -0.3 is 0 Å². The second kappa shape index (κ2) is 3.64. The van der Waals surface area contributed by atoms with E-state index < -0.39 is 0 Å². The molecule has 3 aromatic carbocycles. The monoisotopic (exact) mass is 205 g/mol. The Hall–Kier alpha value is -1.82. The molecule has 3 aromatic rings. The van der Waals surface area contributed by atoms with Crippen LogP contribution in [0.2, 0.25) is 0 Å². The fourth-order valence-electron chi connectivity index (χ4n) is 2.33. The second-order valence-corrected chi connectivity index (χ2v) is 4.02. The van der Waals surface area contributed by atoms with Gasteiger partial charge in [0.05, 0.1) is 0 Å². The highest BCUT2D eigenvalue weighted by molar-refractivity contribution is 6.09. The van der Waals surface area contributed by atoms with Crippen LogP contribution in [-0.2, 0) is 0 Å². The molecule has 0 aromatic heterocycles. The minimum absolute atomic E-state index is 1.31. The summed E-state index contributed by atoms with van der Waals surface area (Å²) in [6.07, 6.45) is 2.18. The molecule has 0 amide bonds. The molecule has 0 nitrogen and oxygen atoms in total. The van der Waals surface area contributed by atoms with Crippen molar-refractivity contribution in [1.82, 2.24) is 0 Å². The molecule has 0 aliphatic rings. The van der Waals surface area contributed by atoms with Crippen LogP contribution in [0.5, 0.6) is 0 Å². The normalized spacial score (nSPS) is 11.1. The summed E-state index contributed by atoms with van der Waals surface area (Å²) in [5.41, 5.74) is 1.31. The molecule has 0 spiro atoms. The molecular formula is C16H13. The van der Waals surface area contributed by atoms with Crippen LogP contribution in [-0.4, -0.2) is 0 Å². The van der Waals surface area contributed by atoms with Crippen LogP contribution in [0.25, 0.3) is 21.5 Å². The lowest BCUT2D eigenvalue weighted by molar-refractivity contribution is 1.47. The summed E-state index contributed by atoms with van der Waals surface area (Å²) in [4.78, 5) is 0. The van der Waals surface area contributed by atoms with Crippen molar-refractivity contribution in [2.45, 2.75) is 6.92 Å². The van der Waals surface area contributed by atoms with E-state index in [1.807, 2.05) is 0 Å². The van der Waals surface area contributed by atoms with Crippen LogP contribution in [0.3, 0.4) is 0 Å². The third kappa shape index (κ3) is 1.30. The highest BCUT2D eigenvalue weighted by Gasteiger charge is 2.03. The number of benzene rings is 3. The van der Waals surface area contributed by atoms with E-state index in [4.69, 9.17) is 0 Å². The first-order valence-electron chi connectivity index (χ1n) is 5.60. The number of fused-ring (bicyclic) bond motifs is 3. The summed E-state index contributed by atoms with van der Waals surface area (Å²) >= 11 is 0. The SMILES string of the molecule is C[CH]c1cccc2ccc3ccccc3c12. The molecule has 0 heteroatoms. The predicted molar refractivity (Wildman–Crippen MR) is 70.5 cm³/mol. The molecule has 0 aliphatic heterocycles. The largest absolute Gasteiger partial charge is 0.0616 e. The Bertz CT molecular complexity index is 650. The third-order valence-corrected chi connectivity index (χ3v) is 3.11. The van der Waals surface area contributed by atoms with E-state index in [1.165, 1.54) is 27.1 Å². The Labute approximate surface area is 95.5 Å². The van der Waals surface area contributed by atoms with Crippen molar-refractivity contribution in [3.8, 4) is 0 Å². The van der Waals surface area contributed by atoms with E-state index in [1.54, 1.807) is 0 Å². The van der Waals surface area contributed by atoms with Gasteiger partial charge in [-0.2, -0.15) is 0 Å². The Balaban J connectivity index is 2.57. The molecule has 0 N–H and O–H groups in total. The van der Waals surface area contributed by atoms with Gasteiger partial charge in [-0.15, -0.1) is 0 Å². The number of hydrogen-bond acceptors (Lipinski definition) is 0. The summed E-state index contributed by atoms with van der Waals surface area (Å²) in [6, 6.07) is 19.4. The first kappa shape index (κ1) is 9.41. The van der Waals surface area contributed by atoms with Crippen molar-refractivity contribution < 1.29 is 0 Å². The van der Waals surface area contributed by atoms with Crippen molar-refractivity contribution in [3.05, 3.63) is 66.6 Å². The van der Waals surface area contributed by atoms with Gasteiger partial charge in [0.1, 0.15) is 0 Å². The smallest absolute Gasteiger partial charge is 0.00704 e. The average Bonchev–Trinajstić information content (AvgIpc) is 2.37. The zero-order valence-corrected chi connectivity index (χ0v) is 9.27. The van der Waals surface area contributed by atoms with E-state index in [-0.39, 0.29) is 0 Å². The van der Waals surface area contributed by atoms with Gasteiger partial charge >= 0.3 is 0 Å². The van der Waals surface area contributed by atoms with Crippen LogP contribution < -0.4 is 0 Å². The molecule has 0 aliphatic carbocycles. The quantitative estimate of drug-likeness (QED) is 0.511. The molecule has 0 bridgehead atoms. The van der Waals surface area contributed by atoms with Gasteiger partial charge in [0.25, 0.3) is 0 Å². The maximum atomic E-state index is 2.20. The van der Waals surface area contributed by atoms with Crippen molar-refractivity contribution in [1.29, 1.82) is 0 Å². The fourth-order valence-corrected chi connectivity index (χ4v) is 2.33. The Morgan fingerprint density at radius 1 is 0.750 bits per heavy atom. The van der Waals surface area contributed by atoms with Crippen molar-refractivity contribution in [2.24, 2.45) is 0 Å². The van der Waals surface area contributed by atoms with Gasteiger partial charge in [-0.1, -0.05) is 61.5 Å². The molecule has 0 heterocycles. The molecule has 1 radical (unpaired) electrons. The fraction of sp³-hybridized carbons (Fsp3) is 0.0625. The van der Waals surface area contributed by atoms with E-state index in [2.05, 4.69) is 67.9 Å². The first-order chi connectivity index (χ1) is 7.90. The van der Waals surface area contributed by atoms with Crippen LogP contribution in [0, 0.1) is 6.42 Å². The highest BCUT2D eigenvalue weighted by Crippen LogP contribution is 2.28. The van der Waals surface area contributed by atoms with E-state index in [9.17, 15) is 0 Å². The topological polar surface area (TPSA) is 0 Å². The average molecular weight is 205 g/mol. The molecule has 77 valence electrons. The van der Waals surface area contributed by atoms with Gasteiger partial charge in [-0.3, -0.25) is 0 Å². The highest BCUT2D eigenvalue weighted by atomic mass is 14.1. The maximum Gasteiger partial charge on any atom is -0.00704 e. The molecule has 0 atom stereocenters. The predicted octanol–water partition coefficient (Wildman–Crippen LogP) is 4.57. The van der Waals surface area contributed by atoms with E-state index >= 15 is 0 Å². The summed E-state index contributed by atoms with van der Waals surface area (Å²) in [5, 5.41) is 5.33. The number of hydrogen-bond donors (Lipinski definition) is 0. The lowest BCUT2D eigenvalue weighted by Crippen LogP contribution is -1.83. The lowest BCUT2D eigenvalue weighted by Gasteiger charge is -2.07.